The van der Waals surface area contributed by atoms with Crippen molar-refractivity contribution >= 4 is 26.4 Å². The SMILES string of the molecule is COc1ccc(C2CCN(c3c(C#N)c(=O)n(C)c4ccc(S(C)(=O)=O)cc34)CC2)cc1. The van der Waals surface area contributed by atoms with Crippen LogP contribution in [-0.2, 0) is 16.9 Å². The molecule has 166 valence electrons. The van der Waals surface area contributed by atoms with Crippen molar-refractivity contribution < 1.29 is 13.2 Å². The third-order valence-electron chi connectivity index (χ3n) is 6.28. The molecule has 2 aromatic carbocycles. The number of benzene rings is 2. The summed E-state index contributed by atoms with van der Waals surface area (Å²) in [6.45, 7) is 1.33. The standard InChI is InChI=1S/C24H25N3O4S/c1-26-22-9-8-19(32(3,29)30)14-20(22)23(21(15-25)24(26)28)27-12-10-17(11-13-27)16-4-6-18(31-2)7-5-16/h4-9,14,17H,10-13H2,1-3H3. The fourth-order valence-corrected chi connectivity index (χ4v) is 5.13. The van der Waals surface area contributed by atoms with Gasteiger partial charge < -0.3 is 14.2 Å². The van der Waals surface area contributed by atoms with Crippen LogP contribution in [0.4, 0.5) is 5.69 Å². The Balaban J connectivity index is 1.76. The third kappa shape index (κ3) is 3.84. The Kier molecular flexibility index (Phi) is 5.70. The Bertz CT molecular complexity index is 1380. The second kappa shape index (κ2) is 8.32. The van der Waals surface area contributed by atoms with Gasteiger partial charge in [-0.05, 0) is 54.7 Å². The molecule has 1 saturated heterocycles. The van der Waals surface area contributed by atoms with Crippen LogP contribution < -0.4 is 15.2 Å². The number of hydrogen-bond donors (Lipinski definition) is 0. The molecule has 3 aromatic rings. The van der Waals surface area contributed by atoms with Gasteiger partial charge in [0.15, 0.2) is 9.84 Å². The first kappa shape index (κ1) is 21.9. The number of rotatable bonds is 4. The first-order valence-corrected chi connectivity index (χ1v) is 12.3. The molecular formula is C24H25N3O4S. The van der Waals surface area contributed by atoms with Crippen LogP contribution in [0, 0.1) is 11.3 Å². The normalized spacial score (nSPS) is 15.0. The quantitative estimate of drug-likeness (QED) is 0.605. The zero-order valence-electron chi connectivity index (χ0n) is 18.3. The van der Waals surface area contributed by atoms with Crippen molar-refractivity contribution in [1.29, 1.82) is 5.26 Å². The highest BCUT2D eigenvalue weighted by Crippen LogP contribution is 2.36. The fourth-order valence-electron chi connectivity index (χ4n) is 4.48. The summed E-state index contributed by atoms with van der Waals surface area (Å²) in [5, 5.41) is 10.4. The Hall–Kier alpha value is -3.31. The molecule has 0 atom stereocenters. The van der Waals surface area contributed by atoms with Crippen LogP contribution in [0.5, 0.6) is 5.75 Å². The molecule has 1 aliphatic rings. The Morgan fingerprint density at radius 3 is 2.31 bits per heavy atom. The number of anilines is 1. The molecule has 2 heterocycles. The average Bonchev–Trinajstić information content (AvgIpc) is 2.80. The smallest absolute Gasteiger partial charge is 0.270 e. The summed E-state index contributed by atoms with van der Waals surface area (Å²) in [6.07, 6.45) is 2.88. The molecule has 0 saturated carbocycles. The number of aromatic nitrogens is 1. The lowest BCUT2D eigenvalue weighted by Gasteiger charge is -2.35. The maximum atomic E-state index is 12.9. The van der Waals surface area contributed by atoms with E-state index in [0.717, 1.165) is 24.8 Å². The van der Waals surface area contributed by atoms with Crippen molar-refractivity contribution in [2.24, 2.45) is 7.05 Å². The molecule has 0 N–H and O–H groups in total. The number of aryl methyl sites for hydroxylation is 1. The van der Waals surface area contributed by atoms with Crippen molar-refractivity contribution in [3.63, 3.8) is 0 Å². The van der Waals surface area contributed by atoms with Gasteiger partial charge >= 0.3 is 0 Å². The van der Waals surface area contributed by atoms with Gasteiger partial charge in [0, 0.05) is 31.8 Å². The lowest BCUT2D eigenvalue weighted by molar-refractivity contribution is 0.414. The molecule has 0 radical (unpaired) electrons. The molecule has 1 aliphatic heterocycles. The number of methoxy groups -OCH3 is 1. The van der Waals surface area contributed by atoms with Crippen LogP contribution in [0.1, 0.15) is 29.9 Å². The van der Waals surface area contributed by atoms with Gasteiger partial charge in [-0.2, -0.15) is 5.26 Å². The van der Waals surface area contributed by atoms with E-state index in [2.05, 4.69) is 18.2 Å². The van der Waals surface area contributed by atoms with Crippen LogP contribution in [0.25, 0.3) is 10.9 Å². The highest BCUT2D eigenvalue weighted by atomic mass is 32.2. The van der Waals surface area contributed by atoms with Gasteiger partial charge in [0.25, 0.3) is 5.56 Å². The highest BCUT2D eigenvalue weighted by Gasteiger charge is 2.26. The molecule has 0 aliphatic carbocycles. The number of nitriles is 1. The van der Waals surface area contributed by atoms with Crippen LogP contribution in [0.2, 0.25) is 0 Å². The molecule has 0 spiro atoms. The molecule has 8 heteroatoms. The minimum Gasteiger partial charge on any atom is -0.497 e. The van der Waals surface area contributed by atoms with Crippen molar-refractivity contribution in [2.75, 3.05) is 31.4 Å². The fraction of sp³-hybridized carbons (Fsp3) is 0.333. The first-order valence-electron chi connectivity index (χ1n) is 10.4. The monoisotopic (exact) mass is 451 g/mol. The number of hydrogen-bond acceptors (Lipinski definition) is 6. The predicted molar refractivity (Wildman–Crippen MR) is 124 cm³/mol. The Morgan fingerprint density at radius 1 is 1.09 bits per heavy atom. The van der Waals surface area contributed by atoms with Crippen LogP contribution in [0.3, 0.4) is 0 Å². The molecule has 0 bridgehead atoms. The van der Waals surface area contributed by atoms with Gasteiger partial charge in [-0.15, -0.1) is 0 Å². The second-order valence-electron chi connectivity index (χ2n) is 8.19. The summed E-state index contributed by atoms with van der Waals surface area (Å²) in [4.78, 5) is 15.1. The molecular weight excluding hydrogens is 426 g/mol. The van der Waals surface area contributed by atoms with E-state index in [1.807, 2.05) is 17.0 Å². The maximum Gasteiger partial charge on any atom is 0.270 e. The Morgan fingerprint density at radius 2 is 1.75 bits per heavy atom. The van der Waals surface area contributed by atoms with E-state index in [4.69, 9.17) is 4.74 Å². The Labute approximate surface area is 187 Å². The number of nitrogens with zero attached hydrogens (tertiary/aromatic N) is 3. The van der Waals surface area contributed by atoms with Gasteiger partial charge in [-0.3, -0.25) is 4.79 Å². The van der Waals surface area contributed by atoms with E-state index in [1.165, 1.54) is 16.2 Å². The van der Waals surface area contributed by atoms with Gasteiger partial charge in [-0.1, -0.05) is 12.1 Å². The summed E-state index contributed by atoms with van der Waals surface area (Å²) in [5.74, 6) is 1.19. The molecule has 1 fully saturated rings. The third-order valence-corrected chi connectivity index (χ3v) is 7.39. The summed E-state index contributed by atoms with van der Waals surface area (Å²) in [5.41, 5.74) is 2.05. The topological polar surface area (TPSA) is 92.4 Å². The van der Waals surface area contributed by atoms with E-state index in [1.54, 1.807) is 26.3 Å². The van der Waals surface area contributed by atoms with E-state index >= 15 is 0 Å². The number of piperidine rings is 1. The maximum absolute atomic E-state index is 12.9. The summed E-state index contributed by atoms with van der Waals surface area (Å²) in [7, 11) is -0.189. The van der Waals surface area contributed by atoms with Gasteiger partial charge in [0.05, 0.1) is 23.2 Å². The van der Waals surface area contributed by atoms with Crippen LogP contribution in [-0.4, -0.2) is 39.4 Å². The predicted octanol–water partition coefficient (Wildman–Crippen LogP) is 3.21. The van der Waals surface area contributed by atoms with E-state index in [0.29, 0.717) is 35.6 Å². The molecule has 4 rings (SSSR count). The number of sulfone groups is 1. The number of fused-ring (bicyclic) bond motifs is 1. The van der Waals surface area contributed by atoms with E-state index in [9.17, 15) is 18.5 Å². The zero-order valence-corrected chi connectivity index (χ0v) is 19.1. The van der Waals surface area contributed by atoms with Gasteiger partial charge in [0.2, 0.25) is 0 Å². The number of pyridine rings is 1. The summed E-state index contributed by atoms with van der Waals surface area (Å²) in [6, 6.07) is 14.9. The zero-order chi connectivity index (χ0) is 23.0. The van der Waals surface area contributed by atoms with E-state index < -0.39 is 9.84 Å². The van der Waals surface area contributed by atoms with Crippen LogP contribution in [0.15, 0.2) is 52.2 Å². The summed E-state index contributed by atoms with van der Waals surface area (Å²) >= 11 is 0. The summed E-state index contributed by atoms with van der Waals surface area (Å²) < 4.78 is 31.0. The van der Waals surface area contributed by atoms with Crippen molar-refractivity contribution in [3.05, 3.63) is 63.9 Å². The van der Waals surface area contributed by atoms with Crippen molar-refractivity contribution in [1.82, 2.24) is 4.57 Å². The molecule has 0 unspecified atom stereocenters. The minimum atomic E-state index is -3.43. The van der Waals surface area contributed by atoms with Crippen molar-refractivity contribution in [2.45, 2.75) is 23.7 Å². The average molecular weight is 452 g/mol. The lowest BCUT2D eigenvalue weighted by Crippen LogP contribution is -2.35. The largest absolute Gasteiger partial charge is 0.497 e. The minimum absolute atomic E-state index is 0.0496. The van der Waals surface area contributed by atoms with Gasteiger partial charge in [-0.25, -0.2) is 8.42 Å². The lowest BCUT2D eigenvalue weighted by atomic mass is 9.89. The first-order chi connectivity index (χ1) is 15.2. The van der Waals surface area contributed by atoms with Gasteiger partial charge in [0.1, 0.15) is 17.4 Å². The van der Waals surface area contributed by atoms with E-state index in [-0.39, 0.29) is 16.0 Å². The van der Waals surface area contributed by atoms with Crippen LogP contribution >= 0.6 is 0 Å². The molecule has 1 aromatic heterocycles. The molecule has 32 heavy (non-hydrogen) atoms. The van der Waals surface area contributed by atoms with Crippen molar-refractivity contribution in [3.8, 4) is 11.8 Å². The number of ether oxygens (including phenoxy) is 1. The second-order valence-corrected chi connectivity index (χ2v) is 10.2. The highest BCUT2D eigenvalue weighted by molar-refractivity contribution is 7.90. The molecule has 0 amide bonds. The molecule has 7 nitrogen and oxygen atoms in total.